The van der Waals surface area contributed by atoms with E-state index in [2.05, 4.69) is 39.5 Å². The van der Waals surface area contributed by atoms with Crippen LogP contribution in [-0.2, 0) is 14.4 Å². The van der Waals surface area contributed by atoms with Crippen molar-refractivity contribution in [2.24, 2.45) is 16.6 Å². The quantitative estimate of drug-likeness (QED) is 0.641. The summed E-state index contributed by atoms with van der Waals surface area (Å²) in [5.41, 5.74) is 9.17. The van der Waals surface area contributed by atoms with Crippen LogP contribution in [0.4, 0.5) is 0 Å². The average molecular weight is 485 g/mol. The monoisotopic (exact) mass is 484 g/mol. The summed E-state index contributed by atoms with van der Waals surface area (Å²) in [6.45, 7) is 11.0. The normalized spacial score (nSPS) is 22.0. The van der Waals surface area contributed by atoms with E-state index in [0.29, 0.717) is 30.2 Å². The molecule has 34 heavy (non-hydrogen) atoms. The number of halogens is 1. The minimum atomic E-state index is -0.595. The molecule has 1 heterocycles. The fraction of sp³-hybridized carbons (Fsp3) is 0.519. The predicted molar refractivity (Wildman–Crippen MR) is 131 cm³/mol. The molecule has 1 amide bonds. The number of amides is 1. The zero-order valence-electron chi connectivity index (χ0n) is 20.6. The topological polar surface area (TPSA) is 89.7 Å². The van der Waals surface area contributed by atoms with E-state index in [9.17, 15) is 14.4 Å². The molecule has 6 nitrogen and oxygen atoms in total. The summed E-state index contributed by atoms with van der Waals surface area (Å²) in [5, 5.41) is 0.313. The summed E-state index contributed by atoms with van der Waals surface area (Å²) in [7, 11) is 0. The molecule has 4 rings (SSSR count). The molecule has 3 aliphatic rings. The lowest BCUT2D eigenvalue weighted by Gasteiger charge is -2.48. The van der Waals surface area contributed by atoms with Gasteiger partial charge in [-0.15, -0.1) is 0 Å². The molecule has 0 bridgehead atoms. The van der Waals surface area contributed by atoms with E-state index < -0.39 is 11.8 Å². The van der Waals surface area contributed by atoms with Gasteiger partial charge in [-0.25, -0.2) is 0 Å². The summed E-state index contributed by atoms with van der Waals surface area (Å²) < 4.78 is 5.41. The van der Waals surface area contributed by atoms with Gasteiger partial charge in [0.2, 0.25) is 0 Å². The Bertz CT molecular complexity index is 1090. The van der Waals surface area contributed by atoms with E-state index in [4.69, 9.17) is 22.1 Å². The largest absolute Gasteiger partial charge is 0.482 e. The Balaban J connectivity index is 1.90. The molecule has 1 aromatic rings. The van der Waals surface area contributed by atoms with Crippen LogP contribution in [0.5, 0.6) is 5.75 Å². The van der Waals surface area contributed by atoms with Crippen LogP contribution in [0.3, 0.4) is 0 Å². The summed E-state index contributed by atoms with van der Waals surface area (Å²) in [6, 6.07) is 5.27. The molecule has 0 aromatic heterocycles. The van der Waals surface area contributed by atoms with Crippen LogP contribution in [0, 0.1) is 10.8 Å². The van der Waals surface area contributed by atoms with Crippen molar-refractivity contribution in [2.45, 2.75) is 66.2 Å². The number of rotatable bonds is 5. The third-order valence-corrected chi connectivity index (χ3v) is 7.29. The van der Waals surface area contributed by atoms with E-state index in [1.165, 1.54) is 0 Å². The van der Waals surface area contributed by atoms with Crippen LogP contribution in [0.15, 0.2) is 40.7 Å². The first-order valence-electron chi connectivity index (χ1n) is 11.8. The summed E-state index contributed by atoms with van der Waals surface area (Å²) in [4.78, 5) is 40.5. The van der Waals surface area contributed by atoms with Gasteiger partial charge in [0.05, 0.1) is 5.02 Å². The number of ether oxygens (including phenoxy) is 1. The van der Waals surface area contributed by atoms with Crippen molar-refractivity contribution in [3.8, 4) is 5.75 Å². The number of allylic oxidation sites excluding steroid dienone is 4. The van der Waals surface area contributed by atoms with E-state index >= 15 is 0 Å². The number of hydrogen-bond donors (Lipinski definition) is 1. The summed E-state index contributed by atoms with van der Waals surface area (Å²) in [6.07, 6.45) is 2.43. The maximum Gasteiger partial charge on any atom is 0.255 e. The highest BCUT2D eigenvalue weighted by Gasteiger charge is 2.48. The molecule has 2 N–H and O–H groups in total. The lowest BCUT2D eigenvalue weighted by molar-refractivity contribution is -0.121. The number of hydrogen-bond acceptors (Lipinski definition) is 5. The first-order chi connectivity index (χ1) is 15.8. The zero-order chi connectivity index (χ0) is 25.0. The van der Waals surface area contributed by atoms with Crippen LogP contribution in [-0.4, -0.2) is 35.5 Å². The minimum absolute atomic E-state index is 0.0871. The van der Waals surface area contributed by atoms with Crippen molar-refractivity contribution in [1.82, 2.24) is 4.90 Å². The number of nitrogens with two attached hydrogens (primary N) is 1. The van der Waals surface area contributed by atoms with Gasteiger partial charge in [-0.3, -0.25) is 14.4 Å². The molecule has 1 aliphatic heterocycles. The second kappa shape index (κ2) is 8.56. The fourth-order valence-electron chi connectivity index (χ4n) is 5.73. The maximum atomic E-state index is 13.6. The van der Waals surface area contributed by atoms with Gasteiger partial charge in [-0.1, -0.05) is 45.4 Å². The standard InChI is InChI=1S/C27H33ClN2O4/c1-6-30-17-10-26(2,3)12-19(31)24(17)23(25-18(30)11-27(4,5)13-20(25)32)15-7-8-21(16(28)9-15)34-14-22(29)33/h7-9,23H,6,10-14H2,1-5H3,(H2,29,33). The van der Waals surface area contributed by atoms with Gasteiger partial charge in [0.1, 0.15) is 5.75 Å². The number of ketones is 2. The summed E-state index contributed by atoms with van der Waals surface area (Å²) >= 11 is 6.51. The molecule has 1 aromatic carbocycles. The van der Waals surface area contributed by atoms with Crippen molar-refractivity contribution < 1.29 is 19.1 Å². The van der Waals surface area contributed by atoms with Crippen molar-refractivity contribution in [3.63, 3.8) is 0 Å². The highest BCUT2D eigenvalue weighted by atomic mass is 35.5. The molecule has 0 saturated heterocycles. The molecule has 0 saturated carbocycles. The van der Waals surface area contributed by atoms with Crippen LogP contribution >= 0.6 is 11.6 Å². The highest BCUT2D eigenvalue weighted by Crippen LogP contribution is 2.54. The van der Waals surface area contributed by atoms with Crippen molar-refractivity contribution in [1.29, 1.82) is 0 Å². The van der Waals surface area contributed by atoms with Crippen LogP contribution < -0.4 is 10.5 Å². The minimum Gasteiger partial charge on any atom is -0.482 e. The van der Waals surface area contributed by atoms with Gasteiger partial charge < -0.3 is 15.4 Å². The second-order valence-corrected chi connectivity index (χ2v) is 11.6. The van der Waals surface area contributed by atoms with Gasteiger partial charge >= 0.3 is 0 Å². The number of primary amides is 1. The Hall–Kier alpha value is -2.60. The Kier molecular flexibility index (Phi) is 6.17. The molecule has 0 fully saturated rings. The van der Waals surface area contributed by atoms with Gasteiger partial charge in [-0.05, 0) is 48.3 Å². The van der Waals surface area contributed by atoms with Gasteiger partial charge in [0, 0.05) is 47.8 Å². The number of carbonyl (C=O) groups is 3. The molecule has 7 heteroatoms. The molecule has 0 spiro atoms. The molecule has 2 aliphatic carbocycles. The summed E-state index contributed by atoms with van der Waals surface area (Å²) in [5.74, 6) is -0.538. The number of Topliss-reactive ketones (excluding diaryl/α,β-unsaturated/α-hetero) is 2. The molecule has 0 radical (unpaired) electrons. The number of carbonyl (C=O) groups excluding carboxylic acids is 3. The zero-order valence-corrected chi connectivity index (χ0v) is 21.3. The predicted octanol–water partition coefficient (Wildman–Crippen LogP) is 4.91. The first-order valence-corrected chi connectivity index (χ1v) is 12.2. The van der Waals surface area contributed by atoms with E-state index in [1.807, 2.05) is 6.07 Å². The first kappa shape index (κ1) is 24.5. The molecule has 0 atom stereocenters. The van der Waals surface area contributed by atoms with Gasteiger partial charge in [-0.2, -0.15) is 0 Å². The second-order valence-electron chi connectivity index (χ2n) is 11.2. The molecule has 182 valence electrons. The fourth-order valence-corrected chi connectivity index (χ4v) is 5.97. The maximum absolute atomic E-state index is 13.6. The third kappa shape index (κ3) is 4.40. The van der Waals surface area contributed by atoms with Gasteiger partial charge in [0.15, 0.2) is 18.2 Å². The smallest absolute Gasteiger partial charge is 0.255 e. The Morgan fingerprint density at radius 1 is 1.03 bits per heavy atom. The Morgan fingerprint density at radius 2 is 1.56 bits per heavy atom. The highest BCUT2D eigenvalue weighted by molar-refractivity contribution is 6.32. The Labute approximate surface area is 206 Å². The number of nitrogens with zero attached hydrogens (tertiary/aromatic N) is 1. The van der Waals surface area contributed by atoms with Crippen molar-refractivity contribution in [3.05, 3.63) is 51.3 Å². The van der Waals surface area contributed by atoms with Crippen LogP contribution in [0.1, 0.15) is 71.8 Å². The van der Waals surface area contributed by atoms with E-state index in [-0.39, 0.29) is 29.0 Å². The lowest BCUT2D eigenvalue weighted by Crippen LogP contribution is -2.44. The van der Waals surface area contributed by atoms with Crippen molar-refractivity contribution in [2.75, 3.05) is 13.2 Å². The van der Waals surface area contributed by atoms with Gasteiger partial charge in [0.25, 0.3) is 5.91 Å². The lowest BCUT2D eigenvalue weighted by atomic mass is 9.63. The van der Waals surface area contributed by atoms with E-state index in [0.717, 1.165) is 40.9 Å². The Morgan fingerprint density at radius 3 is 2.00 bits per heavy atom. The number of benzene rings is 1. The van der Waals surface area contributed by atoms with E-state index in [1.54, 1.807) is 12.1 Å². The van der Waals surface area contributed by atoms with Crippen LogP contribution in [0.2, 0.25) is 5.02 Å². The van der Waals surface area contributed by atoms with Crippen LogP contribution in [0.25, 0.3) is 0 Å². The molecule has 0 unspecified atom stereocenters. The SMILES string of the molecule is CCN1C2=C(C(=O)CC(C)(C)C2)C(c2ccc(OCC(N)=O)c(Cl)c2)C2=C1CC(C)(C)CC2=O. The molecular weight excluding hydrogens is 452 g/mol. The molecular formula is C27H33ClN2O4. The third-order valence-electron chi connectivity index (χ3n) is 7.00. The average Bonchev–Trinajstić information content (AvgIpc) is 2.69. The van der Waals surface area contributed by atoms with Crippen molar-refractivity contribution >= 4 is 29.1 Å².